The Hall–Kier alpha value is -2.76. The predicted octanol–water partition coefficient (Wildman–Crippen LogP) is 6.38. The minimum absolute atomic E-state index is 0.400. The molecule has 1 aromatic carbocycles. The molecule has 1 unspecified atom stereocenters. The van der Waals surface area contributed by atoms with E-state index < -0.39 is 11.9 Å². The van der Waals surface area contributed by atoms with E-state index in [0.29, 0.717) is 37.5 Å². The van der Waals surface area contributed by atoms with Gasteiger partial charge < -0.3 is 19.5 Å². The number of aromatic nitrogens is 1. The zero-order chi connectivity index (χ0) is 24.6. The average Bonchev–Trinajstić information content (AvgIpc) is 2.86. The van der Waals surface area contributed by atoms with E-state index in [2.05, 4.69) is 16.8 Å². The Bertz CT molecular complexity index is 828. The molecule has 0 aliphatic heterocycles. The summed E-state index contributed by atoms with van der Waals surface area (Å²) in [6.07, 6.45) is 11.8. The van der Waals surface area contributed by atoms with Crippen LogP contribution in [0.1, 0.15) is 70.8 Å². The van der Waals surface area contributed by atoms with Crippen LogP contribution in [-0.2, 0) is 11.2 Å². The molecular formula is C28H42N2O4. The Kier molecular flexibility index (Phi) is 12.9. The Morgan fingerprint density at radius 1 is 1.00 bits per heavy atom. The summed E-state index contributed by atoms with van der Waals surface area (Å²) in [7, 11) is 1.62. The summed E-state index contributed by atoms with van der Waals surface area (Å²) in [4.78, 5) is 18.2. The molecule has 0 aliphatic carbocycles. The van der Waals surface area contributed by atoms with E-state index in [4.69, 9.17) is 9.47 Å². The van der Waals surface area contributed by atoms with E-state index >= 15 is 0 Å². The molecule has 1 atom stereocenters. The summed E-state index contributed by atoms with van der Waals surface area (Å²) in [6, 6.07) is 11.7. The Balaban J connectivity index is 1.95. The molecule has 34 heavy (non-hydrogen) atoms. The van der Waals surface area contributed by atoms with Crippen LogP contribution in [0, 0.1) is 5.92 Å². The van der Waals surface area contributed by atoms with Crippen molar-refractivity contribution in [2.75, 3.05) is 31.7 Å². The lowest BCUT2D eigenvalue weighted by atomic mass is 9.97. The van der Waals surface area contributed by atoms with E-state index in [1.165, 1.54) is 38.5 Å². The number of carboxylic acid groups (broad SMARTS) is 1. The average molecular weight is 471 g/mol. The van der Waals surface area contributed by atoms with Crippen LogP contribution in [0.5, 0.6) is 11.5 Å². The molecule has 2 rings (SSSR count). The van der Waals surface area contributed by atoms with Crippen LogP contribution in [0.25, 0.3) is 0 Å². The molecule has 6 heteroatoms. The number of anilines is 1. The highest BCUT2D eigenvalue weighted by Crippen LogP contribution is 2.29. The Morgan fingerprint density at radius 3 is 2.41 bits per heavy atom. The van der Waals surface area contributed by atoms with Gasteiger partial charge in [0.05, 0.1) is 19.6 Å². The minimum Gasteiger partial charge on any atom is -0.493 e. The van der Waals surface area contributed by atoms with Gasteiger partial charge >= 0.3 is 5.97 Å². The summed E-state index contributed by atoms with van der Waals surface area (Å²) in [5.41, 5.74) is 0.940. The van der Waals surface area contributed by atoms with Gasteiger partial charge in [0.1, 0.15) is 12.4 Å². The van der Waals surface area contributed by atoms with Crippen molar-refractivity contribution >= 4 is 11.8 Å². The molecule has 188 valence electrons. The Morgan fingerprint density at radius 2 is 1.76 bits per heavy atom. The first-order chi connectivity index (χ1) is 16.6. The number of methoxy groups -OCH3 is 1. The van der Waals surface area contributed by atoms with Crippen LogP contribution in [0.2, 0.25) is 0 Å². The van der Waals surface area contributed by atoms with Crippen LogP contribution in [0.4, 0.5) is 5.82 Å². The number of hydrogen-bond donors (Lipinski definition) is 1. The molecule has 0 amide bonds. The van der Waals surface area contributed by atoms with Gasteiger partial charge in [0.25, 0.3) is 0 Å². The normalized spacial score (nSPS) is 11.7. The van der Waals surface area contributed by atoms with Crippen molar-refractivity contribution in [1.29, 1.82) is 0 Å². The number of rotatable bonds is 18. The highest BCUT2D eigenvalue weighted by atomic mass is 16.5. The largest absolute Gasteiger partial charge is 0.493 e. The van der Waals surface area contributed by atoms with E-state index in [1.54, 1.807) is 7.11 Å². The van der Waals surface area contributed by atoms with Crippen LogP contribution < -0.4 is 14.4 Å². The fraction of sp³-hybridized carbons (Fsp3) is 0.571. The van der Waals surface area contributed by atoms with Crippen molar-refractivity contribution in [2.45, 2.75) is 71.6 Å². The lowest BCUT2D eigenvalue weighted by molar-refractivity contribution is -0.141. The van der Waals surface area contributed by atoms with Crippen LogP contribution in [-0.4, -0.2) is 42.9 Å². The molecule has 0 aliphatic rings. The van der Waals surface area contributed by atoms with Crippen LogP contribution in [0.15, 0.2) is 42.6 Å². The second kappa shape index (κ2) is 16.0. The highest BCUT2D eigenvalue weighted by Gasteiger charge is 2.17. The van der Waals surface area contributed by atoms with Gasteiger partial charge in [0.15, 0.2) is 11.5 Å². The number of hydrogen-bond acceptors (Lipinski definition) is 5. The molecule has 1 N–H and O–H groups in total. The lowest BCUT2D eigenvalue weighted by Crippen LogP contribution is -2.30. The van der Waals surface area contributed by atoms with Crippen molar-refractivity contribution in [3.63, 3.8) is 0 Å². The molecule has 2 aromatic rings. The molecule has 0 spiro atoms. The standard InChI is InChI=1S/C28H42N2O4/c1-4-6-7-8-9-10-13-18-30(27-14-11-12-17-29-27)19-20-34-26-22-23(15-16-25(26)33-3)21-24(5-2)28(31)32/h11-12,14-17,22,24H,4-10,13,18-21H2,1-3H3,(H,31,32). The predicted molar refractivity (Wildman–Crippen MR) is 138 cm³/mol. The van der Waals surface area contributed by atoms with Crippen LogP contribution >= 0.6 is 0 Å². The number of aliphatic carboxylic acids is 1. The summed E-state index contributed by atoms with van der Waals surface area (Å²) in [6.45, 7) is 6.30. The van der Waals surface area contributed by atoms with E-state index in [1.807, 2.05) is 49.5 Å². The van der Waals surface area contributed by atoms with Gasteiger partial charge in [-0.3, -0.25) is 4.79 Å². The first kappa shape index (κ1) is 27.5. The SMILES string of the molecule is CCCCCCCCCN(CCOc1cc(CC(CC)C(=O)O)ccc1OC)c1ccccn1. The minimum atomic E-state index is -0.767. The second-order valence-corrected chi connectivity index (χ2v) is 8.78. The van der Waals surface area contributed by atoms with Crippen molar-refractivity contribution in [3.8, 4) is 11.5 Å². The number of unbranched alkanes of at least 4 members (excludes halogenated alkanes) is 6. The summed E-state index contributed by atoms with van der Waals surface area (Å²) < 4.78 is 11.6. The number of ether oxygens (including phenoxy) is 2. The molecule has 0 radical (unpaired) electrons. The molecule has 0 saturated heterocycles. The van der Waals surface area contributed by atoms with E-state index in [0.717, 1.165) is 24.3 Å². The quantitative estimate of drug-likeness (QED) is 0.255. The molecule has 6 nitrogen and oxygen atoms in total. The van der Waals surface area contributed by atoms with Gasteiger partial charge in [0, 0.05) is 12.7 Å². The van der Waals surface area contributed by atoms with Gasteiger partial charge in [-0.15, -0.1) is 0 Å². The number of benzene rings is 1. The topological polar surface area (TPSA) is 71.9 Å². The molecular weight excluding hydrogens is 428 g/mol. The maximum Gasteiger partial charge on any atom is 0.306 e. The first-order valence-electron chi connectivity index (χ1n) is 12.8. The fourth-order valence-electron chi connectivity index (χ4n) is 4.06. The maximum absolute atomic E-state index is 11.4. The van der Waals surface area contributed by atoms with Crippen molar-refractivity contribution in [2.24, 2.45) is 5.92 Å². The van der Waals surface area contributed by atoms with E-state index in [-0.39, 0.29) is 0 Å². The van der Waals surface area contributed by atoms with Gasteiger partial charge in [-0.05, 0) is 49.1 Å². The fourth-order valence-corrected chi connectivity index (χ4v) is 4.06. The number of carbonyl (C=O) groups is 1. The molecule has 0 saturated carbocycles. The summed E-state index contributed by atoms with van der Waals surface area (Å²) in [5, 5.41) is 9.39. The molecule has 0 bridgehead atoms. The number of nitrogens with zero attached hydrogens (tertiary/aromatic N) is 2. The third-order valence-electron chi connectivity index (χ3n) is 6.18. The molecule has 0 fully saturated rings. The number of pyridine rings is 1. The second-order valence-electron chi connectivity index (χ2n) is 8.78. The highest BCUT2D eigenvalue weighted by molar-refractivity contribution is 5.70. The van der Waals surface area contributed by atoms with Crippen molar-refractivity contribution < 1.29 is 19.4 Å². The first-order valence-corrected chi connectivity index (χ1v) is 12.8. The third-order valence-corrected chi connectivity index (χ3v) is 6.18. The summed E-state index contributed by atoms with van der Waals surface area (Å²) in [5.74, 6) is 1.10. The maximum atomic E-state index is 11.4. The smallest absolute Gasteiger partial charge is 0.306 e. The van der Waals surface area contributed by atoms with Crippen molar-refractivity contribution in [3.05, 3.63) is 48.2 Å². The Labute approximate surface area is 205 Å². The lowest BCUT2D eigenvalue weighted by Gasteiger charge is -2.24. The summed E-state index contributed by atoms with van der Waals surface area (Å²) >= 11 is 0. The van der Waals surface area contributed by atoms with Gasteiger partial charge in [-0.25, -0.2) is 4.98 Å². The van der Waals surface area contributed by atoms with Gasteiger partial charge in [0.2, 0.25) is 0 Å². The number of carboxylic acids is 1. The van der Waals surface area contributed by atoms with E-state index in [9.17, 15) is 9.90 Å². The van der Waals surface area contributed by atoms with Crippen molar-refractivity contribution in [1.82, 2.24) is 4.98 Å². The zero-order valence-corrected chi connectivity index (χ0v) is 21.2. The molecule has 1 heterocycles. The third kappa shape index (κ3) is 9.62. The monoisotopic (exact) mass is 470 g/mol. The van der Waals surface area contributed by atoms with Gasteiger partial charge in [-0.1, -0.05) is 64.5 Å². The zero-order valence-electron chi connectivity index (χ0n) is 21.2. The van der Waals surface area contributed by atoms with Crippen LogP contribution in [0.3, 0.4) is 0 Å². The van der Waals surface area contributed by atoms with Gasteiger partial charge in [-0.2, -0.15) is 0 Å². The molecule has 1 aromatic heterocycles.